The van der Waals surface area contributed by atoms with E-state index in [-0.39, 0.29) is 6.61 Å². The van der Waals surface area contributed by atoms with Crippen LogP contribution in [0.5, 0.6) is 0 Å². The van der Waals surface area contributed by atoms with Gasteiger partial charge in [-0.3, -0.25) is 0 Å². The van der Waals surface area contributed by atoms with Gasteiger partial charge in [0.2, 0.25) is 5.95 Å². The molecule has 1 N–H and O–H groups in total. The van der Waals surface area contributed by atoms with Crippen molar-refractivity contribution < 1.29 is 5.11 Å². The second-order valence-corrected chi connectivity index (χ2v) is 5.08. The van der Waals surface area contributed by atoms with Crippen LogP contribution in [-0.4, -0.2) is 28.2 Å². The van der Waals surface area contributed by atoms with Gasteiger partial charge in [0.1, 0.15) is 0 Å². The van der Waals surface area contributed by atoms with Gasteiger partial charge >= 0.3 is 0 Å². The number of anilines is 1. The van der Waals surface area contributed by atoms with E-state index < -0.39 is 0 Å². The van der Waals surface area contributed by atoms with Gasteiger partial charge in [0.15, 0.2) is 0 Å². The van der Waals surface area contributed by atoms with Crippen molar-refractivity contribution in [2.24, 2.45) is 0 Å². The quantitative estimate of drug-likeness (QED) is 0.835. The Balaban J connectivity index is 2.15. The minimum Gasteiger partial charge on any atom is -0.395 e. The third kappa shape index (κ3) is 3.64. The highest BCUT2D eigenvalue weighted by Crippen LogP contribution is 2.12. The number of hydrogen-bond donors (Lipinski definition) is 1. The maximum atomic E-state index is 9.13. The van der Waals surface area contributed by atoms with Crippen LogP contribution in [0.25, 0.3) is 0 Å². The van der Waals surface area contributed by atoms with Crippen LogP contribution in [0.4, 0.5) is 5.95 Å². The Labute approximate surface area is 120 Å². The number of nitrogens with zero attached hydrogens (tertiary/aromatic N) is 3. The normalized spacial score (nSPS) is 10.3. The molecule has 0 fully saturated rings. The molecular weight excluding hydrogens is 341 g/mol. The molecule has 94 valence electrons. The average molecular weight is 355 g/mol. The molecule has 2 aromatic rings. The lowest BCUT2D eigenvalue weighted by Crippen LogP contribution is -2.27. The number of halogens is 1. The predicted octanol–water partition coefficient (Wildman–Crippen LogP) is 2.08. The third-order valence-corrected chi connectivity index (χ3v) is 3.03. The fourth-order valence-corrected chi connectivity index (χ4v) is 1.92. The van der Waals surface area contributed by atoms with Crippen LogP contribution in [-0.2, 0) is 6.54 Å². The molecule has 0 unspecified atom stereocenters. The summed E-state index contributed by atoms with van der Waals surface area (Å²) in [5.74, 6) is 0.647. The van der Waals surface area contributed by atoms with Gasteiger partial charge in [0, 0.05) is 29.1 Å². The molecule has 5 heteroatoms. The van der Waals surface area contributed by atoms with Crippen molar-refractivity contribution in [1.29, 1.82) is 0 Å². The SMILES string of the molecule is OCCN(Cc1ccccc1)c1ncc(I)cn1. The number of aliphatic hydroxyl groups is 1. The van der Waals surface area contributed by atoms with Crippen LogP contribution in [0.15, 0.2) is 42.7 Å². The highest BCUT2D eigenvalue weighted by molar-refractivity contribution is 14.1. The molecule has 1 aromatic carbocycles. The summed E-state index contributed by atoms with van der Waals surface area (Å²) in [5.41, 5.74) is 1.17. The average Bonchev–Trinajstić information content (AvgIpc) is 2.40. The van der Waals surface area contributed by atoms with Crippen LogP contribution in [0, 0.1) is 3.57 Å². The Hall–Kier alpha value is -1.21. The largest absolute Gasteiger partial charge is 0.395 e. The highest BCUT2D eigenvalue weighted by atomic mass is 127. The summed E-state index contributed by atoms with van der Waals surface area (Å²) < 4.78 is 1.00. The first-order valence-corrected chi connectivity index (χ1v) is 6.75. The zero-order valence-corrected chi connectivity index (χ0v) is 12.0. The maximum absolute atomic E-state index is 9.13. The number of aliphatic hydroxyl groups excluding tert-OH is 1. The lowest BCUT2D eigenvalue weighted by Gasteiger charge is -2.21. The standard InChI is InChI=1S/C13H14IN3O/c14-12-8-15-13(16-9-12)17(6-7-18)10-11-4-2-1-3-5-11/h1-5,8-9,18H,6-7,10H2. The summed E-state index contributed by atoms with van der Waals surface area (Å²) in [5, 5.41) is 9.13. The van der Waals surface area contributed by atoms with E-state index in [1.165, 1.54) is 5.56 Å². The van der Waals surface area contributed by atoms with E-state index in [0.29, 0.717) is 19.0 Å². The zero-order valence-electron chi connectivity index (χ0n) is 9.83. The third-order valence-electron chi connectivity index (χ3n) is 2.48. The van der Waals surface area contributed by atoms with Gasteiger partial charge in [-0.1, -0.05) is 30.3 Å². The van der Waals surface area contributed by atoms with E-state index >= 15 is 0 Å². The molecule has 1 aromatic heterocycles. The minimum absolute atomic E-state index is 0.0855. The van der Waals surface area contributed by atoms with Crippen molar-refractivity contribution >= 4 is 28.5 Å². The minimum atomic E-state index is 0.0855. The number of aromatic nitrogens is 2. The Morgan fingerprint density at radius 2 is 1.78 bits per heavy atom. The monoisotopic (exact) mass is 355 g/mol. The van der Waals surface area contributed by atoms with E-state index in [4.69, 9.17) is 5.11 Å². The Bertz CT molecular complexity index is 475. The molecule has 0 aliphatic carbocycles. The first-order valence-electron chi connectivity index (χ1n) is 5.67. The van der Waals surface area contributed by atoms with Gasteiger partial charge in [-0.15, -0.1) is 0 Å². The van der Waals surface area contributed by atoms with Crippen LogP contribution >= 0.6 is 22.6 Å². The van der Waals surface area contributed by atoms with Gasteiger partial charge in [0.05, 0.1) is 6.61 Å². The lowest BCUT2D eigenvalue weighted by atomic mass is 10.2. The lowest BCUT2D eigenvalue weighted by molar-refractivity contribution is 0.300. The van der Waals surface area contributed by atoms with E-state index in [0.717, 1.165) is 3.57 Å². The van der Waals surface area contributed by atoms with Crippen LogP contribution in [0.2, 0.25) is 0 Å². The molecule has 0 saturated heterocycles. The molecule has 0 spiro atoms. The van der Waals surface area contributed by atoms with Crippen LogP contribution in [0.3, 0.4) is 0 Å². The first-order chi connectivity index (χ1) is 8.79. The van der Waals surface area contributed by atoms with Crippen molar-refractivity contribution in [3.8, 4) is 0 Å². The van der Waals surface area contributed by atoms with Crippen molar-refractivity contribution in [3.63, 3.8) is 0 Å². The highest BCUT2D eigenvalue weighted by Gasteiger charge is 2.09. The summed E-state index contributed by atoms with van der Waals surface area (Å²) in [6.45, 7) is 1.31. The number of benzene rings is 1. The zero-order chi connectivity index (χ0) is 12.8. The van der Waals surface area contributed by atoms with Crippen molar-refractivity contribution in [2.75, 3.05) is 18.1 Å². The van der Waals surface area contributed by atoms with Gasteiger partial charge in [-0.25, -0.2) is 9.97 Å². The molecule has 0 atom stereocenters. The van der Waals surface area contributed by atoms with Crippen molar-refractivity contribution in [2.45, 2.75) is 6.54 Å². The van der Waals surface area contributed by atoms with Crippen LogP contribution in [0.1, 0.15) is 5.56 Å². The number of hydrogen-bond acceptors (Lipinski definition) is 4. The van der Waals surface area contributed by atoms with Crippen molar-refractivity contribution in [3.05, 3.63) is 51.9 Å². The smallest absolute Gasteiger partial charge is 0.225 e. The van der Waals surface area contributed by atoms with Gasteiger partial charge in [-0.2, -0.15) is 0 Å². The Morgan fingerprint density at radius 3 is 2.39 bits per heavy atom. The molecule has 18 heavy (non-hydrogen) atoms. The molecule has 0 radical (unpaired) electrons. The predicted molar refractivity (Wildman–Crippen MR) is 79.3 cm³/mol. The summed E-state index contributed by atoms with van der Waals surface area (Å²) in [4.78, 5) is 10.5. The van der Waals surface area contributed by atoms with E-state index in [1.54, 1.807) is 12.4 Å². The summed E-state index contributed by atoms with van der Waals surface area (Å²) in [6, 6.07) is 10.1. The van der Waals surface area contributed by atoms with E-state index in [1.807, 2.05) is 23.1 Å². The fourth-order valence-electron chi connectivity index (χ4n) is 1.64. The second-order valence-electron chi connectivity index (χ2n) is 3.83. The van der Waals surface area contributed by atoms with Gasteiger partial charge < -0.3 is 10.0 Å². The Morgan fingerprint density at radius 1 is 1.11 bits per heavy atom. The van der Waals surface area contributed by atoms with Gasteiger partial charge in [0.25, 0.3) is 0 Å². The fraction of sp³-hybridized carbons (Fsp3) is 0.231. The molecule has 0 amide bonds. The molecule has 2 rings (SSSR count). The molecule has 0 aliphatic heterocycles. The molecule has 1 heterocycles. The van der Waals surface area contributed by atoms with E-state index in [2.05, 4.69) is 44.7 Å². The number of rotatable bonds is 5. The molecular formula is C13H14IN3O. The second kappa shape index (κ2) is 6.65. The molecule has 0 aliphatic rings. The topological polar surface area (TPSA) is 49.2 Å². The molecule has 0 bridgehead atoms. The summed E-state index contributed by atoms with van der Waals surface area (Å²) in [7, 11) is 0. The maximum Gasteiger partial charge on any atom is 0.225 e. The molecule has 4 nitrogen and oxygen atoms in total. The van der Waals surface area contributed by atoms with E-state index in [9.17, 15) is 0 Å². The van der Waals surface area contributed by atoms with Crippen LogP contribution < -0.4 is 4.90 Å². The first kappa shape index (κ1) is 13.2. The Kier molecular flexibility index (Phi) is 4.89. The van der Waals surface area contributed by atoms with Crippen molar-refractivity contribution in [1.82, 2.24) is 9.97 Å². The summed E-state index contributed by atoms with van der Waals surface area (Å²) >= 11 is 2.17. The van der Waals surface area contributed by atoms with Gasteiger partial charge in [-0.05, 0) is 28.2 Å². The molecule has 0 saturated carbocycles. The summed E-state index contributed by atoms with van der Waals surface area (Å²) in [6.07, 6.45) is 3.55.